The van der Waals surface area contributed by atoms with Crippen molar-refractivity contribution < 1.29 is 13.2 Å². The Hall–Kier alpha value is -1.65. The van der Waals surface area contributed by atoms with Gasteiger partial charge in [-0.05, 0) is 26.7 Å². The molecule has 0 aromatic carbocycles. The Morgan fingerprint density at radius 3 is 2.24 bits per heavy atom. The number of amides is 2. The summed E-state index contributed by atoms with van der Waals surface area (Å²) < 4.78 is 29.9. The van der Waals surface area contributed by atoms with E-state index in [-0.39, 0.29) is 12.1 Å². The summed E-state index contributed by atoms with van der Waals surface area (Å²) in [7, 11) is -3.38. The maximum absolute atomic E-state index is 12.5. The molecule has 1 aromatic heterocycles. The lowest BCUT2D eigenvalue weighted by Gasteiger charge is -2.35. The lowest BCUT2D eigenvalue weighted by Crippen LogP contribution is -2.54. The summed E-state index contributed by atoms with van der Waals surface area (Å²) in [4.78, 5) is 14.0. The summed E-state index contributed by atoms with van der Waals surface area (Å²) in [5, 5.41) is 7.01. The normalized spacial score (nSPS) is 20.4. The van der Waals surface area contributed by atoms with Crippen molar-refractivity contribution in [2.45, 2.75) is 32.7 Å². The van der Waals surface area contributed by atoms with E-state index in [0.717, 1.165) is 12.8 Å². The highest BCUT2D eigenvalue weighted by Gasteiger charge is 2.34. The Morgan fingerprint density at radius 2 is 1.68 bits per heavy atom. The van der Waals surface area contributed by atoms with E-state index >= 15 is 0 Å². The van der Waals surface area contributed by atoms with Crippen LogP contribution < -0.4 is 5.32 Å². The number of aromatic nitrogens is 2. The predicted octanol–water partition coefficient (Wildman–Crippen LogP) is 0.954. The summed E-state index contributed by atoms with van der Waals surface area (Å²) in [5.41, 5.74) is 0.644. The van der Waals surface area contributed by atoms with Gasteiger partial charge in [0.05, 0.1) is 11.9 Å². The van der Waals surface area contributed by atoms with Crippen LogP contribution in [0.15, 0.2) is 12.4 Å². The molecular formula is C15H26N6O3S. The number of rotatable bonds is 4. The highest BCUT2D eigenvalue weighted by Crippen LogP contribution is 2.18. The van der Waals surface area contributed by atoms with Crippen molar-refractivity contribution in [3.63, 3.8) is 0 Å². The number of nitrogens with one attached hydrogen (secondary N) is 1. The first kappa shape index (κ1) is 18.2. The number of hydrogen-bond acceptors (Lipinski definition) is 4. The van der Waals surface area contributed by atoms with Crippen LogP contribution in [0.1, 0.15) is 32.7 Å². The monoisotopic (exact) mass is 370 g/mol. The molecule has 2 aliphatic rings. The molecule has 10 heteroatoms. The number of hydrogen-bond donors (Lipinski definition) is 1. The van der Waals surface area contributed by atoms with Crippen molar-refractivity contribution in [3.8, 4) is 0 Å². The van der Waals surface area contributed by atoms with Crippen molar-refractivity contribution in [2.75, 3.05) is 44.6 Å². The minimum Gasteiger partial charge on any atom is -0.322 e. The van der Waals surface area contributed by atoms with Gasteiger partial charge >= 0.3 is 6.03 Å². The van der Waals surface area contributed by atoms with E-state index in [2.05, 4.69) is 10.4 Å². The molecule has 0 atom stereocenters. The van der Waals surface area contributed by atoms with Crippen molar-refractivity contribution in [3.05, 3.63) is 12.4 Å². The summed E-state index contributed by atoms with van der Waals surface area (Å²) >= 11 is 0. The average molecular weight is 370 g/mol. The van der Waals surface area contributed by atoms with Crippen LogP contribution in [0.4, 0.5) is 10.5 Å². The molecule has 0 spiro atoms. The molecule has 2 amide bonds. The first-order valence-electron chi connectivity index (χ1n) is 8.73. The van der Waals surface area contributed by atoms with Gasteiger partial charge in [0.2, 0.25) is 0 Å². The molecule has 0 bridgehead atoms. The molecule has 2 saturated heterocycles. The zero-order chi connectivity index (χ0) is 18.0. The molecule has 3 heterocycles. The standard InChI is InChI=1S/C15H26N6O3S/c1-13(2)21-12-14(11-16-21)17-15(22)18-7-9-20(10-8-18)25(23,24)19-5-3-4-6-19/h11-13H,3-10H2,1-2H3,(H,17,22). The number of nitrogens with zero attached hydrogens (tertiary/aromatic N) is 5. The molecule has 1 N–H and O–H groups in total. The van der Waals surface area contributed by atoms with Crippen molar-refractivity contribution in [2.24, 2.45) is 0 Å². The Bertz CT molecular complexity index is 703. The van der Waals surface area contributed by atoms with Gasteiger partial charge in [-0.25, -0.2) is 4.79 Å². The van der Waals surface area contributed by atoms with Crippen LogP contribution in [0.3, 0.4) is 0 Å². The first-order chi connectivity index (χ1) is 11.9. The van der Waals surface area contributed by atoms with Crippen LogP contribution in [0.25, 0.3) is 0 Å². The van der Waals surface area contributed by atoms with Crippen LogP contribution in [0, 0.1) is 0 Å². The van der Waals surface area contributed by atoms with Gasteiger partial charge in [-0.2, -0.15) is 22.1 Å². The second-order valence-corrected chi connectivity index (χ2v) is 8.66. The van der Waals surface area contributed by atoms with Crippen LogP contribution in [-0.4, -0.2) is 77.0 Å². The molecule has 3 rings (SSSR count). The van der Waals surface area contributed by atoms with Gasteiger partial charge in [-0.1, -0.05) is 0 Å². The summed E-state index contributed by atoms with van der Waals surface area (Å²) in [5.74, 6) is 0. The Morgan fingerprint density at radius 1 is 1.08 bits per heavy atom. The van der Waals surface area contributed by atoms with Crippen molar-refractivity contribution in [1.29, 1.82) is 0 Å². The van der Waals surface area contributed by atoms with Gasteiger partial charge in [0.25, 0.3) is 10.2 Å². The van der Waals surface area contributed by atoms with E-state index in [9.17, 15) is 13.2 Å². The Labute approximate surface area is 148 Å². The molecule has 25 heavy (non-hydrogen) atoms. The second kappa shape index (κ2) is 7.30. The van der Waals surface area contributed by atoms with Crippen molar-refractivity contribution in [1.82, 2.24) is 23.3 Å². The maximum atomic E-state index is 12.5. The molecule has 0 saturated carbocycles. The van der Waals surface area contributed by atoms with E-state index < -0.39 is 10.2 Å². The number of piperazine rings is 1. The lowest BCUT2D eigenvalue weighted by atomic mass is 10.4. The molecule has 0 aliphatic carbocycles. The predicted molar refractivity (Wildman–Crippen MR) is 94.5 cm³/mol. The van der Waals surface area contributed by atoms with Crippen LogP contribution in [0.5, 0.6) is 0 Å². The summed E-state index contributed by atoms with van der Waals surface area (Å²) in [6.45, 7) is 6.66. The summed E-state index contributed by atoms with van der Waals surface area (Å²) in [6.07, 6.45) is 5.25. The smallest absolute Gasteiger partial charge is 0.322 e. The minimum absolute atomic E-state index is 0.221. The third-order valence-corrected chi connectivity index (χ3v) is 6.66. The highest BCUT2D eigenvalue weighted by atomic mass is 32.2. The van der Waals surface area contributed by atoms with Gasteiger partial charge in [-0.3, -0.25) is 4.68 Å². The van der Waals surface area contributed by atoms with E-state index in [1.807, 2.05) is 13.8 Å². The quantitative estimate of drug-likeness (QED) is 0.854. The SMILES string of the molecule is CC(C)n1cc(NC(=O)N2CCN(S(=O)(=O)N3CCCC3)CC2)cn1. The maximum Gasteiger partial charge on any atom is 0.322 e. The topological polar surface area (TPSA) is 90.8 Å². The third kappa shape index (κ3) is 3.96. The average Bonchev–Trinajstić information content (AvgIpc) is 3.27. The van der Waals surface area contributed by atoms with Crippen LogP contribution in [0.2, 0.25) is 0 Å². The van der Waals surface area contributed by atoms with Gasteiger partial charge in [0.1, 0.15) is 0 Å². The molecule has 140 valence electrons. The lowest BCUT2D eigenvalue weighted by molar-refractivity contribution is 0.181. The van der Waals surface area contributed by atoms with Gasteiger partial charge < -0.3 is 10.2 Å². The molecule has 0 radical (unpaired) electrons. The second-order valence-electron chi connectivity index (χ2n) is 6.73. The highest BCUT2D eigenvalue weighted by molar-refractivity contribution is 7.86. The van der Waals surface area contributed by atoms with Crippen LogP contribution >= 0.6 is 0 Å². The molecule has 9 nitrogen and oxygen atoms in total. The molecular weight excluding hydrogens is 344 g/mol. The fourth-order valence-electron chi connectivity index (χ4n) is 3.09. The first-order valence-corrected chi connectivity index (χ1v) is 10.1. The third-order valence-electron chi connectivity index (χ3n) is 4.63. The summed E-state index contributed by atoms with van der Waals surface area (Å²) in [6, 6.07) is 0.00603. The molecule has 2 fully saturated rings. The minimum atomic E-state index is -3.38. The van der Waals surface area contributed by atoms with E-state index in [0.29, 0.717) is 45.0 Å². The Kier molecular flexibility index (Phi) is 5.30. The van der Waals surface area contributed by atoms with Gasteiger partial charge in [-0.15, -0.1) is 0 Å². The fraction of sp³-hybridized carbons (Fsp3) is 0.733. The van der Waals surface area contributed by atoms with Crippen LogP contribution in [-0.2, 0) is 10.2 Å². The number of anilines is 1. The largest absolute Gasteiger partial charge is 0.322 e. The number of carbonyl (C=O) groups is 1. The number of urea groups is 1. The Balaban J connectivity index is 1.53. The molecule has 0 unspecified atom stereocenters. The zero-order valence-electron chi connectivity index (χ0n) is 14.8. The van der Waals surface area contributed by atoms with Gasteiger partial charge in [0.15, 0.2) is 0 Å². The fourth-order valence-corrected chi connectivity index (χ4v) is 4.76. The molecule has 2 aliphatic heterocycles. The van der Waals surface area contributed by atoms with E-state index in [1.165, 1.54) is 4.31 Å². The zero-order valence-corrected chi connectivity index (χ0v) is 15.6. The van der Waals surface area contributed by atoms with E-state index in [4.69, 9.17) is 0 Å². The van der Waals surface area contributed by atoms with Gasteiger partial charge in [0, 0.05) is 51.5 Å². The number of carbonyl (C=O) groups excluding carboxylic acids is 1. The van der Waals surface area contributed by atoms with Crippen molar-refractivity contribution >= 4 is 21.9 Å². The molecule has 1 aromatic rings. The van der Waals surface area contributed by atoms with E-state index in [1.54, 1.807) is 26.3 Å².